The van der Waals surface area contributed by atoms with Crippen LogP contribution in [0, 0.1) is 0 Å². The van der Waals surface area contributed by atoms with Crippen LogP contribution in [0.1, 0.15) is 0 Å². The van der Waals surface area contributed by atoms with Gasteiger partial charge in [0.25, 0.3) is 0 Å². The fraction of sp³-hybridized carbons (Fsp3) is 0. The van der Waals surface area contributed by atoms with E-state index < -0.39 is 0 Å². The highest BCUT2D eigenvalue weighted by Gasteiger charge is 2.23. The second-order valence-corrected chi connectivity index (χ2v) is 18.6. The largest absolute Gasteiger partial charge is 0.309 e. The Morgan fingerprint density at radius 1 is 0.233 bits per heavy atom. The van der Waals surface area contributed by atoms with Crippen molar-refractivity contribution >= 4 is 76.2 Å². The molecule has 0 unspecified atom stereocenters. The first-order valence-electron chi connectivity index (χ1n) is 24.6. The van der Waals surface area contributed by atoms with Crippen LogP contribution < -0.4 is 0 Å². The molecule has 15 aromatic rings. The fourth-order valence-corrected chi connectivity index (χ4v) is 11.2. The minimum Gasteiger partial charge on any atom is -0.309 e. The van der Waals surface area contributed by atoms with Gasteiger partial charge >= 0.3 is 0 Å². The molecule has 7 heteroatoms. The van der Waals surface area contributed by atoms with Gasteiger partial charge < -0.3 is 9.13 Å². The van der Waals surface area contributed by atoms with Gasteiger partial charge in [0, 0.05) is 71.6 Å². The van der Waals surface area contributed by atoms with Crippen LogP contribution in [0.15, 0.2) is 249 Å². The lowest BCUT2D eigenvalue weighted by atomic mass is 10.00. The average Bonchev–Trinajstić information content (AvgIpc) is 4.15. The Labute approximate surface area is 419 Å². The van der Waals surface area contributed by atoms with Crippen molar-refractivity contribution in [3.63, 3.8) is 0 Å². The van der Waals surface area contributed by atoms with Crippen LogP contribution in [0.5, 0.6) is 0 Å². The van der Waals surface area contributed by atoms with E-state index in [0.717, 1.165) is 111 Å². The molecular weight excluding hydrogens is 891 g/mol. The van der Waals surface area contributed by atoms with Crippen molar-refractivity contribution in [2.75, 3.05) is 0 Å². The minimum atomic E-state index is 0.571. The molecule has 4 heterocycles. The molecule has 0 saturated carbocycles. The van der Waals surface area contributed by atoms with E-state index in [-0.39, 0.29) is 0 Å². The van der Waals surface area contributed by atoms with Crippen LogP contribution in [0.4, 0.5) is 0 Å². The number of imidazole rings is 1. The van der Waals surface area contributed by atoms with Crippen molar-refractivity contribution in [1.29, 1.82) is 0 Å². The third kappa shape index (κ3) is 6.46. The topological polar surface area (TPSA) is 66.3 Å². The first-order valence-corrected chi connectivity index (χ1v) is 24.6. The van der Waals surface area contributed by atoms with Crippen molar-refractivity contribution in [3.05, 3.63) is 249 Å². The zero-order valence-electron chi connectivity index (χ0n) is 39.3. The lowest BCUT2D eigenvalue weighted by Crippen LogP contribution is -2.02. The van der Waals surface area contributed by atoms with Crippen LogP contribution >= 0.6 is 0 Å². The van der Waals surface area contributed by atoms with Gasteiger partial charge in [0.1, 0.15) is 5.82 Å². The molecule has 340 valence electrons. The molecule has 0 aliphatic heterocycles. The first-order chi connectivity index (χ1) is 36.2. The maximum atomic E-state index is 5.50. The predicted octanol–water partition coefficient (Wildman–Crippen LogP) is 16.4. The molecule has 73 heavy (non-hydrogen) atoms. The molecular formula is C66H41N7. The van der Waals surface area contributed by atoms with E-state index in [2.05, 4.69) is 262 Å². The number of hydrogen-bond acceptors (Lipinski definition) is 4. The highest BCUT2D eigenvalue weighted by atomic mass is 15.1. The molecule has 0 saturated heterocycles. The quantitative estimate of drug-likeness (QED) is 0.149. The molecule has 0 atom stereocenters. The van der Waals surface area contributed by atoms with Gasteiger partial charge in [-0.3, -0.25) is 4.57 Å². The summed E-state index contributed by atoms with van der Waals surface area (Å²) >= 11 is 0. The van der Waals surface area contributed by atoms with Crippen molar-refractivity contribution in [2.45, 2.75) is 0 Å². The Kier molecular flexibility index (Phi) is 9.13. The maximum Gasteiger partial charge on any atom is 0.164 e. The third-order valence-electron chi connectivity index (χ3n) is 14.5. The zero-order chi connectivity index (χ0) is 48.0. The summed E-state index contributed by atoms with van der Waals surface area (Å²) in [4.78, 5) is 21.7. The summed E-state index contributed by atoms with van der Waals surface area (Å²) < 4.78 is 6.99. The number of benzene rings is 11. The van der Waals surface area contributed by atoms with E-state index in [0.29, 0.717) is 17.5 Å². The second-order valence-electron chi connectivity index (χ2n) is 18.6. The van der Waals surface area contributed by atoms with Crippen molar-refractivity contribution in [2.24, 2.45) is 0 Å². The van der Waals surface area contributed by atoms with Gasteiger partial charge in [-0.15, -0.1) is 0 Å². The lowest BCUT2D eigenvalue weighted by molar-refractivity contribution is 1.07. The summed E-state index contributed by atoms with van der Waals surface area (Å²) in [5.74, 6) is 2.61. The van der Waals surface area contributed by atoms with Gasteiger partial charge in [-0.2, -0.15) is 0 Å². The summed E-state index contributed by atoms with van der Waals surface area (Å²) in [5.41, 5.74) is 13.4. The second kappa shape index (κ2) is 16.3. The van der Waals surface area contributed by atoms with E-state index in [4.69, 9.17) is 19.9 Å². The molecule has 0 radical (unpaired) electrons. The summed E-state index contributed by atoms with van der Waals surface area (Å²) in [6, 6.07) is 87.8. The standard InChI is InChI=1S/C66H41N7/c1-4-19-42(20-5-1)66-67-61-53-31-12-10-27-49(53)50-28-11-13-32-54(50)62(61)73(66)48-26-18-21-43(39-48)63-68-64(44-35-37-59-55(40-44)51-29-14-16-33-57(51)71(59)46-22-6-2-7-23-46)70-65(69-63)45-36-38-60-56(41-45)52-30-15-17-34-58(52)72(60)47-24-8-3-9-25-47/h1-41H. The molecule has 0 amide bonds. The number of para-hydroxylation sites is 4. The summed E-state index contributed by atoms with van der Waals surface area (Å²) in [7, 11) is 0. The highest BCUT2D eigenvalue weighted by molar-refractivity contribution is 6.24. The summed E-state index contributed by atoms with van der Waals surface area (Å²) in [6.45, 7) is 0. The minimum absolute atomic E-state index is 0.571. The number of hydrogen-bond donors (Lipinski definition) is 0. The molecule has 15 rings (SSSR count). The van der Waals surface area contributed by atoms with Crippen LogP contribution in [0.25, 0.3) is 139 Å². The van der Waals surface area contributed by atoms with Gasteiger partial charge in [-0.25, -0.2) is 19.9 Å². The number of aromatic nitrogens is 7. The van der Waals surface area contributed by atoms with E-state index in [1.54, 1.807) is 0 Å². The fourth-order valence-electron chi connectivity index (χ4n) is 11.2. The molecule has 4 aromatic heterocycles. The first kappa shape index (κ1) is 40.9. The summed E-state index contributed by atoms with van der Waals surface area (Å²) in [5, 5.41) is 9.18. The number of rotatable bonds is 7. The SMILES string of the molecule is c1ccc(-c2nc3c4ccccc4c4ccccc4c3n2-c2cccc(-c3nc(-c4ccc5c(c4)c4ccccc4n5-c4ccccc4)nc(-c4ccc5c(c4)c4ccccc4n5-c4ccccc4)n3)c2)cc1. The number of nitrogens with zero attached hydrogens (tertiary/aromatic N) is 7. The normalized spacial score (nSPS) is 11.8. The van der Waals surface area contributed by atoms with Crippen LogP contribution in [0.3, 0.4) is 0 Å². The van der Waals surface area contributed by atoms with Gasteiger partial charge in [-0.05, 0) is 95.7 Å². The average molecular weight is 932 g/mol. The van der Waals surface area contributed by atoms with E-state index in [1.165, 1.54) is 10.8 Å². The number of fused-ring (bicyclic) bond motifs is 12. The Balaban J connectivity index is 0.968. The molecule has 11 aromatic carbocycles. The molecule has 0 N–H and O–H groups in total. The summed E-state index contributed by atoms with van der Waals surface area (Å²) in [6.07, 6.45) is 0. The Morgan fingerprint density at radius 3 is 1.18 bits per heavy atom. The van der Waals surface area contributed by atoms with Crippen LogP contribution in [-0.2, 0) is 0 Å². The van der Waals surface area contributed by atoms with Gasteiger partial charge in [0.15, 0.2) is 17.5 Å². The van der Waals surface area contributed by atoms with Crippen LogP contribution in [-0.4, -0.2) is 33.6 Å². The van der Waals surface area contributed by atoms with Crippen LogP contribution in [0.2, 0.25) is 0 Å². The highest BCUT2D eigenvalue weighted by Crippen LogP contribution is 2.41. The van der Waals surface area contributed by atoms with Crippen molar-refractivity contribution in [1.82, 2.24) is 33.6 Å². The third-order valence-corrected chi connectivity index (χ3v) is 14.5. The van der Waals surface area contributed by atoms with Gasteiger partial charge in [-0.1, -0.05) is 164 Å². The zero-order valence-corrected chi connectivity index (χ0v) is 39.3. The van der Waals surface area contributed by atoms with Crippen molar-refractivity contribution < 1.29 is 0 Å². The van der Waals surface area contributed by atoms with Gasteiger partial charge in [0.05, 0.1) is 33.1 Å². The smallest absolute Gasteiger partial charge is 0.164 e. The molecule has 0 spiro atoms. The maximum absolute atomic E-state index is 5.50. The van der Waals surface area contributed by atoms with E-state index in [9.17, 15) is 0 Å². The Morgan fingerprint density at radius 2 is 0.630 bits per heavy atom. The monoisotopic (exact) mass is 931 g/mol. The lowest BCUT2D eigenvalue weighted by Gasteiger charge is -2.14. The molecule has 0 fully saturated rings. The molecule has 0 aliphatic rings. The Bertz CT molecular complexity index is 4490. The molecule has 0 bridgehead atoms. The van der Waals surface area contributed by atoms with Crippen molar-refractivity contribution in [3.8, 4) is 62.6 Å². The van der Waals surface area contributed by atoms with Gasteiger partial charge in [0.2, 0.25) is 0 Å². The van der Waals surface area contributed by atoms with E-state index >= 15 is 0 Å². The molecule has 7 nitrogen and oxygen atoms in total. The molecule has 0 aliphatic carbocycles. The predicted molar refractivity (Wildman–Crippen MR) is 300 cm³/mol. The Hall–Kier alpha value is -9.98. The van der Waals surface area contributed by atoms with E-state index in [1.807, 2.05) is 0 Å².